The Hall–Kier alpha value is -4.20. The molecule has 5 rings (SSSR count). The van der Waals surface area contributed by atoms with E-state index in [0.29, 0.717) is 17.2 Å². The third-order valence-electron chi connectivity index (χ3n) is 7.63. The normalized spacial score (nSPS) is 17.4. The molecule has 0 aliphatic carbocycles. The zero-order valence-corrected chi connectivity index (χ0v) is 22.5. The smallest absolute Gasteiger partial charge is 0.119 e. The molecule has 2 aliphatic heterocycles. The van der Waals surface area contributed by atoms with Crippen molar-refractivity contribution in [3.05, 3.63) is 89.2 Å². The summed E-state index contributed by atoms with van der Waals surface area (Å²) in [4.78, 5) is 14.6. The van der Waals surface area contributed by atoms with Crippen LogP contribution in [0.15, 0.2) is 71.9 Å². The molecule has 2 aliphatic rings. The van der Waals surface area contributed by atoms with E-state index in [4.69, 9.17) is 25.2 Å². The van der Waals surface area contributed by atoms with Gasteiger partial charge in [0, 0.05) is 45.6 Å². The first-order valence-corrected chi connectivity index (χ1v) is 13.7. The molecule has 0 spiro atoms. The van der Waals surface area contributed by atoms with Crippen molar-refractivity contribution in [3.8, 4) is 17.9 Å². The summed E-state index contributed by atoms with van der Waals surface area (Å²) >= 11 is 0. The number of aliphatic imine (C=N–C) groups is 1. The van der Waals surface area contributed by atoms with Crippen molar-refractivity contribution < 1.29 is 4.74 Å². The fraction of sp³-hybridized carbons (Fsp3) is 0.375. The Bertz CT molecular complexity index is 1340. The van der Waals surface area contributed by atoms with E-state index in [-0.39, 0.29) is 6.10 Å². The number of hydrogen-bond donors (Lipinski definition) is 0. The maximum atomic E-state index is 8.98. The molecule has 0 atom stereocenters. The van der Waals surface area contributed by atoms with Crippen LogP contribution in [0.4, 0.5) is 5.69 Å². The highest BCUT2D eigenvalue weighted by molar-refractivity contribution is 5.97. The first-order chi connectivity index (χ1) is 19.1. The largest absolute Gasteiger partial charge is 0.490 e. The van der Waals surface area contributed by atoms with Crippen molar-refractivity contribution in [1.29, 1.82) is 10.5 Å². The molecule has 0 bridgehead atoms. The first kappa shape index (κ1) is 26.4. The molecular formula is C32H34N6O. The van der Waals surface area contributed by atoms with E-state index in [9.17, 15) is 0 Å². The molecule has 3 aromatic rings. The van der Waals surface area contributed by atoms with Gasteiger partial charge in [0.25, 0.3) is 0 Å². The minimum atomic E-state index is 0.186. The fourth-order valence-electron chi connectivity index (χ4n) is 5.31. The van der Waals surface area contributed by atoms with Crippen molar-refractivity contribution in [2.75, 3.05) is 31.1 Å². The van der Waals surface area contributed by atoms with Gasteiger partial charge in [-0.05, 0) is 73.9 Å². The molecule has 3 heterocycles. The summed E-state index contributed by atoms with van der Waals surface area (Å²) in [5.74, 6) is 0.824. The first-order valence-electron chi connectivity index (χ1n) is 13.7. The molecule has 0 amide bonds. The lowest BCUT2D eigenvalue weighted by molar-refractivity contribution is 0.171. The van der Waals surface area contributed by atoms with E-state index < -0.39 is 0 Å². The van der Waals surface area contributed by atoms with Crippen LogP contribution >= 0.6 is 0 Å². The molecular weight excluding hydrogens is 484 g/mol. The zero-order chi connectivity index (χ0) is 27.0. The maximum absolute atomic E-state index is 8.98. The van der Waals surface area contributed by atoms with Gasteiger partial charge < -0.3 is 9.64 Å². The highest BCUT2D eigenvalue weighted by Gasteiger charge is 2.22. The van der Waals surface area contributed by atoms with Crippen LogP contribution in [0.2, 0.25) is 0 Å². The molecule has 198 valence electrons. The zero-order valence-electron chi connectivity index (χ0n) is 22.5. The molecule has 7 heteroatoms. The molecule has 0 unspecified atom stereocenters. The van der Waals surface area contributed by atoms with Crippen molar-refractivity contribution in [2.24, 2.45) is 4.99 Å². The van der Waals surface area contributed by atoms with E-state index in [1.807, 2.05) is 30.5 Å². The summed E-state index contributed by atoms with van der Waals surface area (Å²) in [6.45, 7) is 6.89. The number of pyridine rings is 1. The Kier molecular flexibility index (Phi) is 8.51. The third kappa shape index (κ3) is 7.02. The Balaban J connectivity index is 1.08. The minimum absolute atomic E-state index is 0.186. The van der Waals surface area contributed by atoms with Gasteiger partial charge in [0.1, 0.15) is 11.9 Å². The van der Waals surface area contributed by atoms with Crippen LogP contribution < -0.4 is 9.64 Å². The van der Waals surface area contributed by atoms with E-state index >= 15 is 0 Å². The standard InChI is InChI=1S/C32H34N6O/c1-24(36-28-12-16-37(17-13-28)23-27-4-2-25(20-33)3-5-27)32-11-8-29(22-35-32)38-18-14-31(15-19-38)39-30-9-6-26(21-34)7-10-30/h2-11,22,28,31H,12-19,23H2,1H3. The second kappa shape index (κ2) is 12.6. The quantitative estimate of drug-likeness (QED) is 0.392. The summed E-state index contributed by atoms with van der Waals surface area (Å²) in [5, 5.41) is 17.9. The predicted octanol–water partition coefficient (Wildman–Crippen LogP) is 5.35. The van der Waals surface area contributed by atoms with E-state index in [1.54, 1.807) is 12.1 Å². The lowest BCUT2D eigenvalue weighted by atomic mass is 10.0. The molecule has 2 aromatic carbocycles. The van der Waals surface area contributed by atoms with E-state index in [1.165, 1.54) is 5.56 Å². The Morgan fingerprint density at radius 2 is 1.51 bits per heavy atom. The summed E-state index contributed by atoms with van der Waals surface area (Å²) in [7, 11) is 0. The fourth-order valence-corrected chi connectivity index (χ4v) is 5.31. The van der Waals surface area contributed by atoms with Crippen molar-refractivity contribution >= 4 is 11.4 Å². The van der Waals surface area contributed by atoms with Crippen LogP contribution in [0.1, 0.15) is 55.0 Å². The molecule has 7 nitrogen and oxygen atoms in total. The number of hydrogen-bond acceptors (Lipinski definition) is 7. The van der Waals surface area contributed by atoms with Crippen LogP contribution in [0.3, 0.4) is 0 Å². The monoisotopic (exact) mass is 518 g/mol. The van der Waals surface area contributed by atoms with Gasteiger partial charge in [-0.3, -0.25) is 14.9 Å². The minimum Gasteiger partial charge on any atom is -0.490 e. The summed E-state index contributed by atoms with van der Waals surface area (Å²) in [6, 6.07) is 24.1. The van der Waals surface area contributed by atoms with Gasteiger partial charge in [-0.15, -0.1) is 0 Å². The number of nitrogens with zero attached hydrogens (tertiary/aromatic N) is 6. The molecule has 39 heavy (non-hydrogen) atoms. The van der Waals surface area contributed by atoms with Gasteiger partial charge in [0.05, 0.1) is 52.6 Å². The second-order valence-corrected chi connectivity index (χ2v) is 10.4. The van der Waals surface area contributed by atoms with E-state index in [0.717, 1.165) is 81.2 Å². The van der Waals surface area contributed by atoms with Crippen LogP contribution in [0, 0.1) is 22.7 Å². The predicted molar refractivity (Wildman–Crippen MR) is 153 cm³/mol. The summed E-state index contributed by atoms with van der Waals surface area (Å²) in [5.41, 5.74) is 5.69. The molecule has 2 fully saturated rings. The van der Waals surface area contributed by atoms with Crippen LogP contribution in [0.5, 0.6) is 5.75 Å². The van der Waals surface area contributed by atoms with Crippen molar-refractivity contribution in [1.82, 2.24) is 9.88 Å². The Morgan fingerprint density at radius 3 is 2.10 bits per heavy atom. The Labute approximate surface area is 231 Å². The lowest BCUT2D eigenvalue weighted by Gasteiger charge is -2.33. The van der Waals surface area contributed by atoms with Crippen molar-refractivity contribution in [2.45, 2.75) is 51.3 Å². The highest BCUT2D eigenvalue weighted by atomic mass is 16.5. The van der Waals surface area contributed by atoms with Crippen LogP contribution in [-0.2, 0) is 6.54 Å². The number of rotatable bonds is 7. The Morgan fingerprint density at radius 1 is 0.872 bits per heavy atom. The molecule has 0 radical (unpaired) electrons. The van der Waals surface area contributed by atoms with Gasteiger partial charge in [0.2, 0.25) is 0 Å². The summed E-state index contributed by atoms with van der Waals surface area (Å²) < 4.78 is 6.13. The van der Waals surface area contributed by atoms with Gasteiger partial charge in [-0.25, -0.2) is 0 Å². The lowest BCUT2D eigenvalue weighted by Crippen LogP contribution is -2.38. The number of nitriles is 2. The third-order valence-corrected chi connectivity index (χ3v) is 7.63. The second-order valence-electron chi connectivity index (χ2n) is 10.4. The van der Waals surface area contributed by atoms with Gasteiger partial charge >= 0.3 is 0 Å². The number of anilines is 1. The average molecular weight is 519 g/mol. The average Bonchev–Trinajstić information content (AvgIpc) is 2.99. The van der Waals surface area contributed by atoms with Crippen LogP contribution in [-0.4, -0.2) is 53.9 Å². The van der Waals surface area contributed by atoms with Gasteiger partial charge in [-0.2, -0.15) is 10.5 Å². The molecule has 0 N–H and O–H groups in total. The van der Waals surface area contributed by atoms with Gasteiger partial charge in [0.15, 0.2) is 0 Å². The van der Waals surface area contributed by atoms with E-state index in [2.05, 4.69) is 53.1 Å². The number of aromatic nitrogens is 1. The molecule has 0 saturated carbocycles. The van der Waals surface area contributed by atoms with Gasteiger partial charge in [-0.1, -0.05) is 12.1 Å². The molecule has 2 saturated heterocycles. The van der Waals surface area contributed by atoms with Crippen LogP contribution in [0.25, 0.3) is 0 Å². The number of likely N-dealkylation sites (tertiary alicyclic amines) is 1. The molecule has 1 aromatic heterocycles. The maximum Gasteiger partial charge on any atom is 0.119 e. The summed E-state index contributed by atoms with van der Waals surface area (Å²) in [6.07, 6.45) is 6.15. The highest BCUT2D eigenvalue weighted by Crippen LogP contribution is 2.24. The number of piperidine rings is 2. The number of benzene rings is 2. The number of ether oxygens (including phenoxy) is 1. The van der Waals surface area contributed by atoms with Crippen molar-refractivity contribution in [3.63, 3.8) is 0 Å². The topological polar surface area (TPSA) is 88.5 Å². The SMILES string of the molecule is CC(=NC1CCN(Cc2ccc(C#N)cc2)CC1)c1ccc(N2CCC(Oc3ccc(C#N)cc3)CC2)cn1.